The van der Waals surface area contributed by atoms with Crippen LogP contribution in [0, 0.1) is 0 Å². The minimum atomic E-state index is -4.62. The van der Waals surface area contributed by atoms with Gasteiger partial charge in [0.1, 0.15) is 5.75 Å². The zero-order valence-corrected chi connectivity index (χ0v) is 15.9. The van der Waals surface area contributed by atoms with E-state index < -0.39 is 17.6 Å². The van der Waals surface area contributed by atoms with E-state index in [1.54, 1.807) is 19.1 Å². The number of carbonyl (C=O) groups excluding carboxylic acids is 1. The standard InChI is InChI=1S/C19H20ClF3N2O2/c1-12(14-6-4-5-7-17(14)27-3)25(2)11-18(26)24-16-9-8-13(20)10-15(16)19(21,22)23/h4-10,12H,11H2,1-3H3,(H,24,26). The quantitative estimate of drug-likeness (QED) is 0.742. The molecule has 0 aliphatic heterocycles. The first-order valence-electron chi connectivity index (χ1n) is 8.13. The van der Waals surface area contributed by atoms with E-state index in [2.05, 4.69) is 5.32 Å². The average Bonchev–Trinajstić information content (AvgIpc) is 2.61. The maximum absolute atomic E-state index is 13.1. The van der Waals surface area contributed by atoms with Crippen molar-refractivity contribution in [2.24, 2.45) is 0 Å². The van der Waals surface area contributed by atoms with Crippen LogP contribution in [0.5, 0.6) is 5.75 Å². The molecule has 0 radical (unpaired) electrons. The molecule has 0 aliphatic carbocycles. The summed E-state index contributed by atoms with van der Waals surface area (Å²) in [6, 6.07) is 10.4. The predicted molar refractivity (Wildman–Crippen MR) is 99.1 cm³/mol. The number of nitrogens with one attached hydrogen (secondary N) is 1. The first-order chi connectivity index (χ1) is 12.6. The SMILES string of the molecule is COc1ccccc1C(C)N(C)CC(=O)Nc1ccc(Cl)cc1C(F)(F)F. The number of nitrogens with zero attached hydrogens (tertiary/aromatic N) is 1. The molecule has 0 fully saturated rings. The lowest BCUT2D eigenvalue weighted by molar-refractivity contribution is -0.137. The second kappa shape index (κ2) is 8.63. The first-order valence-corrected chi connectivity index (χ1v) is 8.51. The van der Waals surface area contributed by atoms with Crippen molar-refractivity contribution in [2.75, 3.05) is 26.0 Å². The van der Waals surface area contributed by atoms with Crippen LogP contribution < -0.4 is 10.1 Å². The molecule has 0 heterocycles. The van der Waals surface area contributed by atoms with Gasteiger partial charge in [-0.25, -0.2) is 0 Å². The van der Waals surface area contributed by atoms with Crippen molar-refractivity contribution >= 4 is 23.2 Å². The number of benzene rings is 2. The van der Waals surface area contributed by atoms with E-state index in [4.69, 9.17) is 16.3 Å². The molecule has 1 atom stereocenters. The Morgan fingerprint density at radius 1 is 1.26 bits per heavy atom. The summed E-state index contributed by atoms with van der Waals surface area (Å²) in [4.78, 5) is 14.0. The van der Waals surface area contributed by atoms with E-state index in [0.717, 1.165) is 17.7 Å². The number of anilines is 1. The van der Waals surface area contributed by atoms with E-state index in [0.29, 0.717) is 5.75 Å². The Labute approximate surface area is 160 Å². The Balaban J connectivity index is 2.12. The average molecular weight is 401 g/mol. The zero-order valence-electron chi connectivity index (χ0n) is 15.1. The van der Waals surface area contributed by atoms with Gasteiger partial charge in [-0.05, 0) is 38.2 Å². The zero-order chi connectivity index (χ0) is 20.2. The third-order valence-electron chi connectivity index (χ3n) is 4.20. The molecule has 0 aliphatic rings. The molecule has 146 valence electrons. The fourth-order valence-electron chi connectivity index (χ4n) is 2.66. The van der Waals surface area contributed by atoms with E-state index in [1.807, 2.05) is 31.2 Å². The van der Waals surface area contributed by atoms with Crippen LogP contribution in [0.25, 0.3) is 0 Å². The number of carbonyl (C=O) groups is 1. The highest BCUT2D eigenvalue weighted by molar-refractivity contribution is 6.30. The Morgan fingerprint density at radius 2 is 1.93 bits per heavy atom. The van der Waals surface area contributed by atoms with Gasteiger partial charge >= 0.3 is 6.18 Å². The van der Waals surface area contributed by atoms with E-state index >= 15 is 0 Å². The summed E-state index contributed by atoms with van der Waals surface area (Å²) in [5.41, 5.74) is -0.434. The smallest absolute Gasteiger partial charge is 0.418 e. The molecule has 2 aromatic carbocycles. The molecule has 4 nitrogen and oxygen atoms in total. The number of amides is 1. The van der Waals surface area contributed by atoms with Crippen LogP contribution >= 0.6 is 11.6 Å². The minimum absolute atomic E-state index is 0.0535. The maximum Gasteiger partial charge on any atom is 0.418 e. The molecule has 2 aromatic rings. The highest BCUT2D eigenvalue weighted by Crippen LogP contribution is 2.36. The molecule has 1 unspecified atom stereocenters. The third kappa shape index (κ3) is 5.37. The van der Waals surface area contributed by atoms with Crippen LogP contribution in [-0.2, 0) is 11.0 Å². The van der Waals surface area contributed by atoms with Gasteiger partial charge in [-0.1, -0.05) is 29.8 Å². The molecule has 1 amide bonds. The summed E-state index contributed by atoms with van der Waals surface area (Å²) >= 11 is 5.65. The van der Waals surface area contributed by atoms with Crippen LogP contribution in [0.1, 0.15) is 24.1 Å². The number of methoxy groups -OCH3 is 1. The minimum Gasteiger partial charge on any atom is -0.496 e. The summed E-state index contributed by atoms with van der Waals surface area (Å²) in [5.74, 6) is 0.112. The number of rotatable bonds is 6. The number of hydrogen-bond donors (Lipinski definition) is 1. The number of hydrogen-bond acceptors (Lipinski definition) is 3. The molecule has 0 spiro atoms. The lowest BCUT2D eigenvalue weighted by Gasteiger charge is -2.26. The summed E-state index contributed by atoms with van der Waals surface area (Å²) in [6.07, 6.45) is -4.62. The van der Waals surface area contributed by atoms with Crippen LogP contribution in [0.2, 0.25) is 5.02 Å². The van der Waals surface area contributed by atoms with Crippen molar-refractivity contribution in [3.63, 3.8) is 0 Å². The van der Waals surface area contributed by atoms with Crippen LogP contribution in [-0.4, -0.2) is 31.5 Å². The van der Waals surface area contributed by atoms with Crippen molar-refractivity contribution in [3.05, 3.63) is 58.6 Å². The van der Waals surface area contributed by atoms with Gasteiger partial charge < -0.3 is 10.1 Å². The van der Waals surface area contributed by atoms with Crippen LogP contribution in [0.15, 0.2) is 42.5 Å². The van der Waals surface area contributed by atoms with Crippen molar-refractivity contribution in [2.45, 2.75) is 19.1 Å². The summed E-state index contributed by atoms with van der Waals surface area (Å²) in [5, 5.41) is 2.27. The van der Waals surface area contributed by atoms with Gasteiger partial charge in [0.05, 0.1) is 24.9 Å². The highest BCUT2D eigenvalue weighted by Gasteiger charge is 2.34. The van der Waals surface area contributed by atoms with Crippen molar-refractivity contribution < 1.29 is 22.7 Å². The molecule has 27 heavy (non-hydrogen) atoms. The first kappa shape index (κ1) is 21.1. The van der Waals surface area contributed by atoms with Crippen LogP contribution in [0.4, 0.5) is 18.9 Å². The van der Waals surface area contributed by atoms with Crippen LogP contribution in [0.3, 0.4) is 0 Å². The Hall–Kier alpha value is -2.25. The Bertz CT molecular complexity index is 812. The van der Waals surface area contributed by atoms with Gasteiger partial charge in [0.2, 0.25) is 5.91 Å². The van der Waals surface area contributed by atoms with E-state index in [1.165, 1.54) is 6.07 Å². The second-order valence-corrected chi connectivity index (χ2v) is 6.51. The molecule has 0 bridgehead atoms. The molecule has 1 N–H and O–H groups in total. The summed E-state index contributed by atoms with van der Waals surface area (Å²) in [6.45, 7) is 1.79. The highest BCUT2D eigenvalue weighted by atomic mass is 35.5. The third-order valence-corrected chi connectivity index (χ3v) is 4.44. The van der Waals surface area contributed by atoms with E-state index in [9.17, 15) is 18.0 Å². The van der Waals surface area contributed by atoms with Gasteiger partial charge in [-0.15, -0.1) is 0 Å². The molecular formula is C19H20ClF3N2O2. The molecule has 0 aromatic heterocycles. The largest absolute Gasteiger partial charge is 0.496 e. The monoisotopic (exact) mass is 400 g/mol. The van der Waals surface area contributed by atoms with Crippen molar-refractivity contribution in [1.29, 1.82) is 0 Å². The van der Waals surface area contributed by atoms with Gasteiger partial charge in [0, 0.05) is 16.6 Å². The molecule has 2 rings (SSSR count). The normalized spacial score (nSPS) is 12.7. The van der Waals surface area contributed by atoms with Gasteiger partial charge in [0.15, 0.2) is 0 Å². The molecule has 0 saturated heterocycles. The lowest BCUT2D eigenvalue weighted by Crippen LogP contribution is -2.32. The number of ether oxygens (including phenoxy) is 1. The molecular weight excluding hydrogens is 381 g/mol. The van der Waals surface area contributed by atoms with Gasteiger partial charge in [0.25, 0.3) is 0 Å². The fraction of sp³-hybridized carbons (Fsp3) is 0.316. The lowest BCUT2D eigenvalue weighted by atomic mass is 10.1. The van der Waals surface area contributed by atoms with E-state index in [-0.39, 0.29) is 23.3 Å². The number of alkyl halides is 3. The topological polar surface area (TPSA) is 41.6 Å². The molecule has 0 saturated carbocycles. The maximum atomic E-state index is 13.1. The number of likely N-dealkylation sites (N-methyl/N-ethyl adjacent to an activating group) is 1. The number of halogens is 4. The predicted octanol–water partition coefficient (Wildman–Crippen LogP) is 5.00. The van der Waals surface area contributed by atoms with Gasteiger partial charge in [-0.2, -0.15) is 13.2 Å². The van der Waals surface area contributed by atoms with Crippen molar-refractivity contribution in [1.82, 2.24) is 4.90 Å². The Morgan fingerprint density at radius 3 is 2.56 bits per heavy atom. The van der Waals surface area contributed by atoms with Crippen molar-refractivity contribution in [3.8, 4) is 5.75 Å². The van der Waals surface area contributed by atoms with Gasteiger partial charge in [-0.3, -0.25) is 9.69 Å². The second-order valence-electron chi connectivity index (χ2n) is 6.07. The fourth-order valence-corrected chi connectivity index (χ4v) is 2.83. The number of para-hydroxylation sites is 1. The molecule has 8 heteroatoms. The summed E-state index contributed by atoms with van der Waals surface area (Å²) in [7, 11) is 3.26. The Kier molecular flexibility index (Phi) is 6.73. The summed E-state index contributed by atoms with van der Waals surface area (Å²) < 4.78 is 44.7.